The summed E-state index contributed by atoms with van der Waals surface area (Å²) in [5.41, 5.74) is 1.46. The normalized spacial score (nSPS) is 11.2. The van der Waals surface area contributed by atoms with Gasteiger partial charge in [-0.3, -0.25) is 9.10 Å². The summed E-state index contributed by atoms with van der Waals surface area (Å²) in [6, 6.07) is 17.3. The molecule has 0 bridgehead atoms. The molecule has 0 aliphatic rings. The molecule has 0 spiro atoms. The molecule has 3 aromatic rings. The standard InChI is InChI=1S/C21H17Cl3N2O3S/c1-14-6-8-18(9-7-14)30(28,29)26(20-5-3-2-4-19(20)24)13-21(27)25-17-11-15(22)10-16(23)12-17/h2-12H,13H2,1H3,(H,25,27). The molecule has 156 valence electrons. The van der Waals surface area contributed by atoms with Crippen LogP contribution in [0.5, 0.6) is 0 Å². The van der Waals surface area contributed by atoms with Gasteiger partial charge in [-0.2, -0.15) is 0 Å². The molecule has 0 aromatic heterocycles. The van der Waals surface area contributed by atoms with Crippen molar-refractivity contribution in [2.75, 3.05) is 16.2 Å². The lowest BCUT2D eigenvalue weighted by molar-refractivity contribution is -0.114. The van der Waals surface area contributed by atoms with Crippen LogP contribution in [-0.2, 0) is 14.8 Å². The van der Waals surface area contributed by atoms with Crippen molar-refractivity contribution in [3.05, 3.63) is 87.4 Å². The highest BCUT2D eigenvalue weighted by molar-refractivity contribution is 7.92. The summed E-state index contributed by atoms with van der Waals surface area (Å²) in [4.78, 5) is 12.8. The lowest BCUT2D eigenvalue weighted by Crippen LogP contribution is -2.38. The summed E-state index contributed by atoms with van der Waals surface area (Å²) in [7, 11) is -4.06. The molecule has 0 fully saturated rings. The first-order chi connectivity index (χ1) is 14.2. The zero-order chi connectivity index (χ0) is 21.9. The quantitative estimate of drug-likeness (QED) is 0.482. The Morgan fingerprint density at radius 3 is 2.13 bits per heavy atom. The van der Waals surface area contributed by atoms with E-state index < -0.39 is 22.5 Å². The first-order valence-electron chi connectivity index (χ1n) is 8.77. The topological polar surface area (TPSA) is 66.5 Å². The van der Waals surface area contributed by atoms with Gasteiger partial charge in [0.15, 0.2) is 0 Å². The van der Waals surface area contributed by atoms with E-state index in [-0.39, 0.29) is 15.6 Å². The molecule has 0 saturated heterocycles. The molecule has 0 atom stereocenters. The fourth-order valence-corrected chi connectivity index (χ4v) is 5.00. The number of halogens is 3. The minimum absolute atomic E-state index is 0.0478. The Labute approximate surface area is 190 Å². The SMILES string of the molecule is Cc1ccc(S(=O)(=O)N(CC(=O)Nc2cc(Cl)cc(Cl)c2)c2ccccc2Cl)cc1. The molecule has 0 heterocycles. The van der Waals surface area contributed by atoms with Crippen molar-refractivity contribution in [1.29, 1.82) is 0 Å². The molecule has 0 radical (unpaired) electrons. The van der Waals surface area contributed by atoms with Gasteiger partial charge in [-0.25, -0.2) is 8.42 Å². The van der Waals surface area contributed by atoms with Gasteiger partial charge >= 0.3 is 0 Å². The molecule has 0 aliphatic carbocycles. The van der Waals surface area contributed by atoms with Crippen molar-refractivity contribution in [2.45, 2.75) is 11.8 Å². The maximum atomic E-state index is 13.3. The van der Waals surface area contributed by atoms with Gasteiger partial charge in [-0.15, -0.1) is 0 Å². The summed E-state index contributed by atoms with van der Waals surface area (Å²) < 4.78 is 27.6. The van der Waals surface area contributed by atoms with E-state index in [1.165, 1.54) is 36.4 Å². The number of carbonyl (C=O) groups excluding carboxylic acids is 1. The molecule has 0 saturated carbocycles. The number of nitrogens with one attached hydrogen (secondary N) is 1. The number of amides is 1. The molecule has 1 amide bonds. The van der Waals surface area contributed by atoms with Gasteiger partial charge in [0, 0.05) is 15.7 Å². The first kappa shape index (κ1) is 22.4. The molecule has 3 rings (SSSR count). The van der Waals surface area contributed by atoms with Crippen molar-refractivity contribution >= 4 is 62.1 Å². The van der Waals surface area contributed by atoms with Crippen molar-refractivity contribution < 1.29 is 13.2 Å². The van der Waals surface area contributed by atoms with Crippen LogP contribution in [0.4, 0.5) is 11.4 Å². The van der Waals surface area contributed by atoms with E-state index in [2.05, 4.69) is 5.32 Å². The van der Waals surface area contributed by atoms with E-state index in [4.69, 9.17) is 34.8 Å². The van der Waals surface area contributed by atoms with Crippen LogP contribution in [0, 0.1) is 6.92 Å². The van der Waals surface area contributed by atoms with E-state index in [0.29, 0.717) is 15.7 Å². The second-order valence-corrected chi connectivity index (χ2v) is 9.62. The molecule has 1 N–H and O–H groups in total. The number of aryl methyl sites for hydroxylation is 1. The average molecular weight is 484 g/mol. The van der Waals surface area contributed by atoms with Gasteiger partial charge in [0.25, 0.3) is 10.0 Å². The van der Waals surface area contributed by atoms with Crippen LogP contribution in [0.15, 0.2) is 71.6 Å². The van der Waals surface area contributed by atoms with E-state index in [0.717, 1.165) is 9.87 Å². The number of para-hydroxylation sites is 1. The summed E-state index contributed by atoms with van der Waals surface area (Å²) in [6.07, 6.45) is 0. The van der Waals surface area contributed by atoms with Crippen LogP contribution in [0.25, 0.3) is 0 Å². The molecular formula is C21H17Cl3N2O3S. The monoisotopic (exact) mass is 482 g/mol. The minimum atomic E-state index is -4.06. The second-order valence-electron chi connectivity index (χ2n) is 6.48. The Morgan fingerprint density at radius 1 is 0.933 bits per heavy atom. The summed E-state index contributed by atoms with van der Waals surface area (Å²) in [6.45, 7) is 1.36. The Balaban J connectivity index is 1.97. The maximum Gasteiger partial charge on any atom is 0.264 e. The highest BCUT2D eigenvalue weighted by Crippen LogP contribution is 2.30. The predicted octanol–water partition coefficient (Wildman–Crippen LogP) is 5.79. The zero-order valence-electron chi connectivity index (χ0n) is 15.8. The molecule has 3 aromatic carbocycles. The van der Waals surface area contributed by atoms with Gasteiger partial charge in [0.05, 0.1) is 15.6 Å². The van der Waals surface area contributed by atoms with Crippen molar-refractivity contribution in [3.63, 3.8) is 0 Å². The Hall–Kier alpha value is -2.25. The molecule has 0 unspecified atom stereocenters. The van der Waals surface area contributed by atoms with E-state index in [1.54, 1.807) is 30.3 Å². The third-order valence-electron chi connectivity index (χ3n) is 4.16. The summed E-state index contributed by atoms with van der Waals surface area (Å²) >= 11 is 18.2. The number of anilines is 2. The third-order valence-corrected chi connectivity index (χ3v) is 6.69. The fraction of sp³-hybridized carbons (Fsp3) is 0.0952. The zero-order valence-corrected chi connectivity index (χ0v) is 18.9. The number of carbonyl (C=O) groups is 1. The van der Waals surface area contributed by atoms with Gasteiger partial charge in [-0.05, 0) is 49.4 Å². The van der Waals surface area contributed by atoms with Crippen molar-refractivity contribution in [1.82, 2.24) is 0 Å². The lowest BCUT2D eigenvalue weighted by Gasteiger charge is -2.25. The van der Waals surface area contributed by atoms with Crippen LogP contribution in [-0.4, -0.2) is 20.9 Å². The number of sulfonamides is 1. The molecule has 0 aliphatic heterocycles. The van der Waals surface area contributed by atoms with Crippen LogP contribution in [0.2, 0.25) is 15.1 Å². The predicted molar refractivity (Wildman–Crippen MR) is 122 cm³/mol. The number of hydrogen-bond donors (Lipinski definition) is 1. The summed E-state index contributed by atoms with van der Waals surface area (Å²) in [5.74, 6) is -0.580. The molecule has 5 nitrogen and oxygen atoms in total. The first-order valence-corrected chi connectivity index (χ1v) is 11.3. The average Bonchev–Trinajstić information content (AvgIpc) is 2.66. The Bertz CT molecular complexity index is 1160. The lowest BCUT2D eigenvalue weighted by atomic mass is 10.2. The number of rotatable bonds is 6. The highest BCUT2D eigenvalue weighted by Gasteiger charge is 2.28. The van der Waals surface area contributed by atoms with E-state index in [1.807, 2.05) is 6.92 Å². The van der Waals surface area contributed by atoms with Crippen LogP contribution in [0.1, 0.15) is 5.56 Å². The van der Waals surface area contributed by atoms with Gasteiger partial charge in [-0.1, -0.05) is 64.6 Å². The molecule has 9 heteroatoms. The Kier molecular flexibility index (Phi) is 6.93. The van der Waals surface area contributed by atoms with Gasteiger partial charge < -0.3 is 5.32 Å². The maximum absolute atomic E-state index is 13.3. The number of benzene rings is 3. The van der Waals surface area contributed by atoms with Gasteiger partial charge in [0.2, 0.25) is 5.91 Å². The van der Waals surface area contributed by atoms with Crippen molar-refractivity contribution in [2.24, 2.45) is 0 Å². The van der Waals surface area contributed by atoms with E-state index >= 15 is 0 Å². The number of hydrogen-bond acceptors (Lipinski definition) is 3. The molecule has 30 heavy (non-hydrogen) atoms. The summed E-state index contributed by atoms with van der Waals surface area (Å²) in [5, 5.41) is 3.50. The van der Waals surface area contributed by atoms with E-state index in [9.17, 15) is 13.2 Å². The Morgan fingerprint density at radius 2 is 1.53 bits per heavy atom. The van der Waals surface area contributed by atoms with Crippen LogP contribution >= 0.6 is 34.8 Å². The highest BCUT2D eigenvalue weighted by atomic mass is 35.5. The molecular weight excluding hydrogens is 467 g/mol. The van der Waals surface area contributed by atoms with Crippen molar-refractivity contribution in [3.8, 4) is 0 Å². The van der Waals surface area contributed by atoms with Crippen LogP contribution < -0.4 is 9.62 Å². The largest absolute Gasteiger partial charge is 0.324 e. The second kappa shape index (κ2) is 9.27. The fourth-order valence-electron chi connectivity index (χ4n) is 2.75. The minimum Gasteiger partial charge on any atom is -0.324 e. The smallest absolute Gasteiger partial charge is 0.264 e. The number of nitrogens with zero attached hydrogens (tertiary/aromatic N) is 1. The van der Waals surface area contributed by atoms with Gasteiger partial charge in [0.1, 0.15) is 6.54 Å². The van der Waals surface area contributed by atoms with Crippen LogP contribution in [0.3, 0.4) is 0 Å². The third kappa shape index (κ3) is 5.26.